The van der Waals surface area contributed by atoms with E-state index in [2.05, 4.69) is 42.0 Å². The number of benzene rings is 1. The Morgan fingerprint density at radius 2 is 1.70 bits per heavy atom. The van der Waals surface area contributed by atoms with Crippen molar-refractivity contribution in [1.29, 1.82) is 0 Å². The van der Waals surface area contributed by atoms with E-state index >= 15 is 0 Å². The first-order valence-electron chi connectivity index (χ1n) is 9.56. The van der Waals surface area contributed by atoms with Crippen LogP contribution in [0.1, 0.15) is 41.4 Å². The Bertz CT molecular complexity index is 856. The summed E-state index contributed by atoms with van der Waals surface area (Å²) in [4.78, 5) is 25.8. The highest BCUT2D eigenvalue weighted by Crippen LogP contribution is 2.36. The maximum atomic E-state index is 12.8. The molecule has 4 rings (SSSR count). The maximum Gasteiger partial charge on any atom is 0.246 e. The van der Waals surface area contributed by atoms with Crippen LogP contribution in [0.5, 0.6) is 0 Å². The Morgan fingerprint density at radius 1 is 1.00 bits per heavy atom. The van der Waals surface area contributed by atoms with Crippen LogP contribution >= 0.6 is 0 Å². The van der Waals surface area contributed by atoms with E-state index in [0.717, 1.165) is 36.6 Å². The summed E-state index contributed by atoms with van der Waals surface area (Å²) < 4.78 is 0. The quantitative estimate of drug-likeness (QED) is 0.904. The molecule has 0 unspecified atom stereocenters. The van der Waals surface area contributed by atoms with Crippen molar-refractivity contribution in [2.45, 2.75) is 45.6 Å². The summed E-state index contributed by atoms with van der Waals surface area (Å²) in [6.45, 7) is 7.69. The average molecular weight is 366 g/mol. The molecule has 1 aromatic carbocycles. The number of amides is 1. The van der Waals surface area contributed by atoms with Crippen LogP contribution in [-0.2, 0) is 4.79 Å². The summed E-state index contributed by atoms with van der Waals surface area (Å²) >= 11 is 0. The van der Waals surface area contributed by atoms with Crippen LogP contribution < -0.4 is 9.80 Å². The zero-order valence-corrected chi connectivity index (χ0v) is 16.1. The minimum absolute atomic E-state index is 0.0862. The second kappa shape index (κ2) is 6.93. The molecule has 6 heteroatoms. The summed E-state index contributed by atoms with van der Waals surface area (Å²) in [7, 11) is 0. The molecule has 27 heavy (non-hydrogen) atoms. The van der Waals surface area contributed by atoms with Gasteiger partial charge in [-0.15, -0.1) is 0 Å². The Hall–Kier alpha value is -2.47. The van der Waals surface area contributed by atoms with Crippen molar-refractivity contribution in [1.82, 2.24) is 9.97 Å². The third-order valence-corrected chi connectivity index (χ3v) is 5.44. The fourth-order valence-corrected chi connectivity index (χ4v) is 4.02. The molecule has 1 amide bonds. The number of aryl methyl sites for hydroxylation is 3. The minimum atomic E-state index is -0.211. The van der Waals surface area contributed by atoms with Crippen LogP contribution in [0, 0.1) is 20.8 Å². The molecule has 1 aromatic heterocycles. The number of rotatable bonds is 3. The van der Waals surface area contributed by atoms with Gasteiger partial charge in [0.15, 0.2) is 0 Å². The Balaban J connectivity index is 1.52. The smallest absolute Gasteiger partial charge is 0.246 e. The highest BCUT2D eigenvalue weighted by molar-refractivity contribution is 5.97. The van der Waals surface area contributed by atoms with Gasteiger partial charge in [-0.3, -0.25) is 4.79 Å². The molecule has 1 aliphatic heterocycles. The van der Waals surface area contributed by atoms with E-state index in [1.54, 1.807) is 0 Å². The van der Waals surface area contributed by atoms with Gasteiger partial charge in [-0.1, -0.05) is 6.07 Å². The van der Waals surface area contributed by atoms with Crippen molar-refractivity contribution in [3.8, 4) is 0 Å². The highest BCUT2D eigenvalue weighted by atomic mass is 16.3. The van der Waals surface area contributed by atoms with Gasteiger partial charge in [-0.2, -0.15) is 0 Å². The number of anilines is 2. The topological polar surface area (TPSA) is 69.6 Å². The first kappa shape index (κ1) is 17.9. The molecule has 142 valence electrons. The van der Waals surface area contributed by atoms with Crippen molar-refractivity contribution in [3.05, 3.63) is 46.9 Å². The number of carbonyl (C=O) groups is 1. The Kier molecular flexibility index (Phi) is 4.60. The van der Waals surface area contributed by atoms with Crippen molar-refractivity contribution in [2.24, 2.45) is 0 Å². The summed E-state index contributed by atoms with van der Waals surface area (Å²) in [6, 6.07) is 8.24. The largest absolute Gasteiger partial charge is 0.393 e. The molecular formula is C21H26N4O2. The van der Waals surface area contributed by atoms with E-state index in [0.29, 0.717) is 24.8 Å². The monoisotopic (exact) mass is 366 g/mol. The van der Waals surface area contributed by atoms with Gasteiger partial charge in [-0.05, 0) is 56.9 Å². The van der Waals surface area contributed by atoms with Gasteiger partial charge in [0, 0.05) is 36.5 Å². The number of hydrogen-bond acceptors (Lipinski definition) is 5. The lowest BCUT2D eigenvalue weighted by atomic mass is 9.80. The molecule has 0 radical (unpaired) electrons. The molecule has 2 aromatic rings. The summed E-state index contributed by atoms with van der Waals surface area (Å²) in [5.41, 5.74) is 4.28. The third-order valence-electron chi connectivity index (χ3n) is 5.44. The number of hydrogen-bond donors (Lipinski definition) is 1. The molecule has 2 fully saturated rings. The molecule has 2 aliphatic rings. The lowest BCUT2D eigenvalue weighted by Gasteiger charge is -2.36. The van der Waals surface area contributed by atoms with E-state index < -0.39 is 0 Å². The second-order valence-corrected chi connectivity index (χ2v) is 7.83. The molecule has 1 saturated heterocycles. The highest BCUT2D eigenvalue weighted by Gasteiger charge is 2.31. The summed E-state index contributed by atoms with van der Waals surface area (Å²) in [5, 5.41) is 9.57. The van der Waals surface area contributed by atoms with Crippen LogP contribution in [0.2, 0.25) is 0 Å². The Labute approximate surface area is 159 Å². The van der Waals surface area contributed by atoms with Crippen molar-refractivity contribution < 1.29 is 9.90 Å². The zero-order valence-electron chi connectivity index (χ0n) is 16.1. The van der Waals surface area contributed by atoms with Crippen molar-refractivity contribution in [3.63, 3.8) is 0 Å². The van der Waals surface area contributed by atoms with Crippen molar-refractivity contribution >= 4 is 17.4 Å². The van der Waals surface area contributed by atoms with E-state index in [1.807, 2.05) is 22.8 Å². The van der Waals surface area contributed by atoms with E-state index in [9.17, 15) is 9.90 Å². The number of aliphatic hydroxyl groups excluding tert-OH is 1. The fourth-order valence-electron chi connectivity index (χ4n) is 4.02. The average Bonchev–Trinajstić information content (AvgIpc) is 2.57. The van der Waals surface area contributed by atoms with Crippen LogP contribution in [0.15, 0.2) is 24.3 Å². The molecule has 0 atom stereocenters. The van der Waals surface area contributed by atoms with E-state index in [4.69, 9.17) is 0 Å². The number of carbonyl (C=O) groups excluding carboxylic acids is 1. The lowest BCUT2D eigenvalue weighted by molar-refractivity contribution is -0.117. The number of piperazine rings is 1. The second-order valence-electron chi connectivity index (χ2n) is 7.83. The molecular weight excluding hydrogens is 340 g/mol. The van der Waals surface area contributed by atoms with Gasteiger partial charge < -0.3 is 14.9 Å². The molecule has 1 saturated carbocycles. The third kappa shape index (κ3) is 3.67. The lowest BCUT2D eigenvalue weighted by Crippen LogP contribution is -2.51. The number of nitrogens with zero attached hydrogens (tertiary/aromatic N) is 4. The molecule has 0 bridgehead atoms. The molecule has 6 nitrogen and oxygen atoms in total. The number of aliphatic hydroxyl groups is 1. The van der Waals surface area contributed by atoms with E-state index in [1.165, 1.54) is 11.1 Å². The molecule has 2 heterocycles. The van der Waals surface area contributed by atoms with Crippen LogP contribution in [-0.4, -0.2) is 46.7 Å². The minimum Gasteiger partial charge on any atom is -0.393 e. The molecule has 1 N–H and O–H groups in total. The van der Waals surface area contributed by atoms with Gasteiger partial charge in [-0.25, -0.2) is 9.97 Å². The zero-order chi connectivity index (χ0) is 19.1. The Morgan fingerprint density at radius 3 is 2.33 bits per heavy atom. The summed E-state index contributed by atoms with van der Waals surface area (Å²) in [6.07, 6.45) is 1.31. The van der Waals surface area contributed by atoms with Gasteiger partial charge >= 0.3 is 0 Å². The fraction of sp³-hybridized carbons (Fsp3) is 0.476. The molecule has 1 aliphatic carbocycles. The van der Waals surface area contributed by atoms with Gasteiger partial charge in [0.2, 0.25) is 5.91 Å². The SMILES string of the molecule is Cc1cc(C)cc(N2CCN(c3cc(C4CC(O)C4)nc(C)n3)CC2=O)c1. The van der Waals surface area contributed by atoms with Gasteiger partial charge in [0.05, 0.1) is 12.6 Å². The van der Waals surface area contributed by atoms with Gasteiger partial charge in [0.25, 0.3) is 0 Å². The summed E-state index contributed by atoms with van der Waals surface area (Å²) in [5.74, 6) is 1.91. The predicted octanol–water partition coefficient (Wildman–Crippen LogP) is 2.49. The maximum absolute atomic E-state index is 12.8. The van der Waals surface area contributed by atoms with E-state index in [-0.39, 0.29) is 12.0 Å². The van der Waals surface area contributed by atoms with Gasteiger partial charge in [0.1, 0.15) is 11.6 Å². The normalized spacial score (nSPS) is 22.7. The first-order chi connectivity index (χ1) is 12.9. The standard InChI is InChI=1S/C21H26N4O2/c1-13-6-14(2)8-17(7-13)25-5-4-24(12-21(25)27)20-11-19(22-15(3)23-20)16-9-18(26)10-16/h6-8,11,16,18,26H,4-5,9-10,12H2,1-3H3. The van der Waals surface area contributed by atoms with Crippen LogP contribution in [0.4, 0.5) is 11.5 Å². The molecule has 0 spiro atoms. The number of aromatic nitrogens is 2. The first-order valence-corrected chi connectivity index (χ1v) is 9.56. The van der Waals surface area contributed by atoms with Crippen LogP contribution in [0.25, 0.3) is 0 Å². The van der Waals surface area contributed by atoms with Crippen LogP contribution in [0.3, 0.4) is 0 Å². The predicted molar refractivity (Wildman–Crippen MR) is 105 cm³/mol. The van der Waals surface area contributed by atoms with Crippen molar-refractivity contribution in [2.75, 3.05) is 29.4 Å².